The molecule has 1 aromatic heterocycles. The number of allylic oxidation sites excluding steroid dienone is 2. The molecule has 4 heterocycles. The molecule has 3 aromatic rings. The van der Waals surface area contributed by atoms with Gasteiger partial charge in [0, 0.05) is 44.2 Å². The number of nitrogen functional groups attached to an aromatic ring is 1. The lowest BCUT2D eigenvalue weighted by atomic mass is 9.99. The molecule has 0 radical (unpaired) electrons. The van der Waals surface area contributed by atoms with E-state index in [2.05, 4.69) is 15.7 Å². The van der Waals surface area contributed by atoms with Crippen molar-refractivity contribution in [1.29, 1.82) is 0 Å². The molecule has 3 atom stereocenters. The third-order valence-corrected chi connectivity index (χ3v) is 12.8. The predicted molar refractivity (Wildman–Crippen MR) is 277 cm³/mol. The monoisotopic (exact) mass is 1110 g/mol. The maximum atomic E-state index is 14.1. The molecule has 2 unspecified atom stereocenters. The van der Waals surface area contributed by atoms with E-state index < -0.39 is 59.4 Å². The molecule has 7 rings (SSSR count). The minimum atomic E-state index is -1.03. The Morgan fingerprint density at radius 1 is 0.759 bits per heavy atom. The number of nitrogens with one attached hydrogen (secondary N) is 2. The average molecular weight is 1110 g/mol. The van der Waals surface area contributed by atoms with Crippen molar-refractivity contribution in [3.05, 3.63) is 88.6 Å². The number of carbonyl (C=O) groups excluding carboxylic acids is 6. The maximum Gasteiger partial charge on any atom is 0.409 e. The summed E-state index contributed by atoms with van der Waals surface area (Å²) in [6, 6.07) is 6.57. The zero-order valence-corrected chi connectivity index (χ0v) is 43.8. The summed E-state index contributed by atoms with van der Waals surface area (Å²) < 4.78 is 84.4. The van der Waals surface area contributed by atoms with Crippen LogP contribution >= 0.6 is 0 Å². The average Bonchev–Trinajstić information content (AvgIpc) is 4.13. The smallest absolute Gasteiger partial charge is 0.409 e. The van der Waals surface area contributed by atoms with Crippen molar-refractivity contribution >= 4 is 52.7 Å². The number of likely N-dealkylation sites (tertiary alicyclic amines) is 1. The first kappa shape index (κ1) is 59.7. The Labute approximate surface area is 454 Å². The number of hydrogen-bond donors (Lipinski definition) is 4. The number of primary amides is 1. The highest BCUT2D eigenvalue weighted by molar-refractivity contribution is 6.25. The lowest BCUT2D eigenvalue weighted by molar-refractivity contribution is -0.136. The second-order valence-corrected chi connectivity index (χ2v) is 18.3. The summed E-state index contributed by atoms with van der Waals surface area (Å²) in [6.45, 7) is 6.87. The summed E-state index contributed by atoms with van der Waals surface area (Å²) in [4.78, 5) is 78.1. The zero-order valence-electron chi connectivity index (χ0n) is 43.8. The van der Waals surface area contributed by atoms with Gasteiger partial charge in [-0.25, -0.2) is 18.3 Å². The number of carbonyl (C=O) groups is 6. The molecule has 79 heavy (non-hydrogen) atoms. The van der Waals surface area contributed by atoms with Gasteiger partial charge in [-0.15, -0.1) is 0 Å². The summed E-state index contributed by atoms with van der Waals surface area (Å²) in [5.41, 5.74) is 13.9. The number of fused-ring (bicyclic) bond motifs is 1. The predicted octanol–water partition coefficient (Wildman–Crippen LogP) is 3.05. The highest BCUT2D eigenvalue weighted by atomic mass is 19.1. The Morgan fingerprint density at radius 2 is 1.37 bits per heavy atom. The molecule has 0 bridgehead atoms. The van der Waals surface area contributed by atoms with E-state index in [9.17, 15) is 37.5 Å². The van der Waals surface area contributed by atoms with Gasteiger partial charge in [-0.2, -0.15) is 5.10 Å². The summed E-state index contributed by atoms with van der Waals surface area (Å²) >= 11 is 0. The van der Waals surface area contributed by atoms with Gasteiger partial charge >= 0.3 is 6.09 Å². The van der Waals surface area contributed by atoms with E-state index in [0.29, 0.717) is 143 Å². The van der Waals surface area contributed by atoms with Crippen molar-refractivity contribution in [2.75, 3.05) is 143 Å². The van der Waals surface area contributed by atoms with E-state index in [1.807, 2.05) is 0 Å². The van der Waals surface area contributed by atoms with Gasteiger partial charge in [0.15, 0.2) is 11.6 Å². The molecule has 3 aliphatic heterocycles. The Balaban J connectivity index is 0.619. The fourth-order valence-corrected chi connectivity index (χ4v) is 8.93. The molecule has 6 N–H and O–H groups in total. The van der Waals surface area contributed by atoms with Crippen molar-refractivity contribution in [2.45, 2.75) is 50.3 Å². The van der Waals surface area contributed by atoms with E-state index in [1.165, 1.54) is 10.7 Å². The second-order valence-electron chi connectivity index (χ2n) is 18.3. The molecule has 430 valence electrons. The van der Waals surface area contributed by atoms with Gasteiger partial charge in [0.1, 0.15) is 41.6 Å². The standard InChI is InChI=1S/C53H68F2N8O16/c54-36-8-12-43(40(55)33-36)79-38-9-6-35(7-10-38)47-46(49(57)65)48(56)63(60-47)37-3-2-15-61(34-37)53(69)78-32-31-77-30-29-76-28-27-75-26-25-74-24-23-73-22-21-72-20-19-71-18-17-70-16-14-58-41-5-1-4-39-45(41)52(68)62(51(39)67)42-11-13-44(64)59-50(42)66/h1,4-9,12,33,37-38,42,58H,2-3,10-11,13-32,34,56H2,(H2,57,65)(H,59,64,66)/t37-,38?,42?/m1/s1. The molecule has 24 nitrogen and oxygen atoms in total. The van der Waals surface area contributed by atoms with Crippen molar-refractivity contribution in [1.82, 2.24) is 24.9 Å². The van der Waals surface area contributed by atoms with Crippen LogP contribution in [0.15, 0.2) is 54.6 Å². The molecule has 0 spiro atoms. The van der Waals surface area contributed by atoms with Gasteiger partial charge in [0.2, 0.25) is 11.8 Å². The van der Waals surface area contributed by atoms with Crippen LogP contribution in [0.1, 0.15) is 74.9 Å². The molecule has 4 aliphatic rings. The molecule has 0 saturated carbocycles. The second kappa shape index (κ2) is 31.0. The summed E-state index contributed by atoms with van der Waals surface area (Å²) in [6.07, 6.45) is 5.79. The van der Waals surface area contributed by atoms with Crippen LogP contribution < -0.4 is 26.8 Å². The molecule has 2 aromatic carbocycles. The fraction of sp³-hybridized carbons (Fsp3) is 0.528. The van der Waals surface area contributed by atoms with Crippen LogP contribution in [0.5, 0.6) is 5.75 Å². The Bertz CT molecular complexity index is 2640. The molecule has 2 fully saturated rings. The minimum Gasteiger partial charge on any atom is -0.483 e. The highest BCUT2D eigenvalue weighted by Crippen LogP contribution is 2.34. The molecule has 6 amide bonds. The number of anilines is 2. The van der Waals surface area contributed by atoms with Crippen LogP contribution in [-0.4, -0.2) is 199 Å². The largest absolute Gasteiger partial charge is 0.483 e. The van der Waals surface area contributed by atoms with Gasteiger partial charge in [-0.3, -0.25) is 34.2 Å². The number of benzene rings is 2. The van der Waals surface area contributed by atoms with E-state index >= 15 is 0 Å². The molecule has 2 saturated heterocycles. The van der Waals surface area contributed by atoms with E-state index in [-0.39, 0.29) is 72.6 Å². The number of amides is 6. The maximum absolute atomic E-state index is 14.1. The summed E-state index contributed by atoms with van der Waals surface area (Å²) in [5, 5.41) is 9.99. The number of aromatic nitrogens is 2. The van der Waals surface area contributed by atoms with Crippen molar-refractivity contribution < 1.29 is 84.9 Å². The van der Waals surface area contributed by atoms with Gasteiger partial charge in [-0.05, 0) is 55.2 Å². The number of rotatable bonds is 34. The van der Waals surface area contributed by atoms with Gasteiger partial charge in [0.05, 0.1) is 123 Å². The Hall–Kier alpha value is -6.91. The highest BCUT2D eigenvalue weighted by Gasteiger charge is 2.45. The summed E-state index contributed by atoms with van der Waals surface area (Å²) in [5.74, 6) is -4.54. The van der Waals surface area contributed by atoms with E-state index in [4.69, 9.17) is 58.8 Å². The third kappa shape index (κ3) is 17.3. The fourth-order valence-electron chi connectivity index (χ4n) is 8.93. The van der Waals surface area contributed by atoms with Crippen LogP contribution in [0.25, 0.3) is 5.57 Å². The minimum absolute atomic E-state index is 0.0366. The zero-order chi connectivity index (χ0) is 55.9. The van der Waals surface area contributed by atoms with Gasteiger partial charge in [0.25, 0.3) is 17.7 Å². The number of nitrogens with two attached hydrogens (primary N) is 2. The lowest BCUT2D eigenvalue weighted by Gasteiger charge is -2.32. The van der Waals surface area contributed by atoms with Crippen LogP contribution in [0.2, 0.25) is 0 Å². The van der Waals surface area contributed by atoms with Crippen molar-refractivity contribution in [2.24, 2.45) is 5.73 Å². The SMILES string of the molecule is NC(=O)c1c(C2=CCC(Oc3ccc(F)cc3F)C=C2)nn([C@@H]2CCCN(C(=O)OCCOCCOCCOCCOCCOCCOCCOCCOCCNc3cccc4c3C(=O)N(C3CCC(=O)NC3=O)C4=O)C2)c1N. The molecular formula is C53H68F2N8O16. The lowest BCUT2D eigenvalue weighted by Crippen LogP contribution is -2.54. The van der Waals surface area contributed by atoms with E-state index in [1.54, 1.807) is 41.3 Å². The van der Waals surface area contributed by atoms with Crippen LogP contribution in [0.3, 0.4) is 0 Å². The normalized spacial score (nSPS) is 18.2. The number of halogens is 2. The van der Waals surface area contributed by atoms with E-state index in [0.717, 1.165) is 17.0 Å². The Morgan fingerprint density at radius 3 is 1.94 bits per heavy atom. The van der Waals surface area contributed by atoms with Crippen LogP contribution in [-0.2, 0) is 52.2 Å². The number of hydrogen-bond acceptors (Lipinski definition) is 19. The topological polar surface area (TPSA) is 295 Å². The van der Waals surface area contributed by atoms with Gasteiger partial charge < -0.3 is 69.1 Å². The number of imide groups is 2. The van der Waals surface area contributed by atoms with Crippen molar-refractivity contribution in [3.8, 4) is 5.75 Å². The third-order valence-electron chi connectivity index (χ3n) is 12.8. The number of nitrogens with zero attached hydrogens (tertiary/aromatic N) is 4. The summed E-state index contributed by atoms with van der Waals surface area (Å²) in [7, 11) is 0. The molecule has 1 aliphatic carbocycles. The quantitative estimate of drug-likeness (QED) is 0.0494. The number of ether oxygens (including phenoxy) is 10. The van der Waals surface area contributed by atoms with Gasteiger partial charge in [-0.1, -0.05) is 18.2 Å². The first-order chi connectivity index (χ1) is 38.4. The van der Waals surface area contributed by atoms with Crippen LogP contribution in [0, 0.1) is 11.6 Å². The van der Waals surface area contributed by atoms with Crippen LogP contribution in [0.4, 0.5) is 25.1 Å². The molecule has 26 heteroatoms. The van der Waals surface area contributed by atoms with Crippen molar-refractivity contribution in [3.63, 3.8) is 0 Å². The first-order valence-electron chi connectivity index (χ1n) is 26.2. The first-order valence-corrected chi connectivity index (χ1v) is 26.2. The molecular weight excluding hydrogens is 1040 g/mol. The Kier molecular flexibility index (Phi) is 23.5. The number of piperidine rings is 2.